The molecule has 2 rings (SSSR count). The third kappa shape index (κ3) is 3.70. The number of thiophene rings is 2. The number of rotatable bonds is 4. The van der Waals surface area contributed by atoms with Crippen LogP contribution in [0.3, 0.4) is 0 Å². The summed E-state index contributed by atoms with van der Waals surface area (Å²) in [6.45, 7) is 2.38. The Kier molecular flexibility index (Phi) is 5.36. The van der Waals surface area contributed by atoms with Crippen molar-refractivity contribution >= 4 is 28.6 Å². The summed E-state index contributed by atoms with van der Waals surface area (Å²) in [4.78, 5) is 15.0. The first-order valence-electron chi connectivity index (χ1n) is 6.27. The summed E-state index contributed by atoms with van der Waals surface area (Å²) in [7, 11) is 0. The first-order chi connectivity index (χ1) is 9.74. The smallest absolute Gasteiger partial charge is 0.261 e. The summed E-state index contributed by atoms with van der Waals surface area (Å²) < 4.78 is 0. The Morgan fingerprint density at radius 1 is 1.40 bits per heavy atom. The molecule has 0 saturated carbocycles. The maximum atomic E-state index is 12.0. The van der Waals surface area contributed by atoms with Gasteiger partial charge in [-0.25, -0.2) is 0 Å². The average molecular weight is 305 g/mol. The van der Waals surface area contributed by atoms with Crippen LogP contribution in [0, 0.1) is 11.8 Å². The van der Waals surface area contributed by atoms with Crippen molar-refractivity contribution in [1.29, 1.82) is 0 Å². The summed E-state index contributed by atoms with van der Waals surface area (Å²) in [6, 6.07) is 5.75. The van der Waals surface area contributed by atoms with Gasteiger partial charge in [0, 0.05) is 15.3 Å². The van der Waals surface area contributed by atoms with Crippen molar-refractivity contribution in [2.75, 3.05) is 6.61 Å². The molecule has 2 aromatic rings. The predicted octanol–water partition coefficient (Wildman–Crippen LogP) is 2.65. The van der Waals surface area contributed by atoms with E-state index < -0.39 is 0 Å². The van der Waals surface area contributed by atoms with Gasteiger partial charge < -0.3 is 10.4 Å². The first kappa shape index (κ1) is 14.8. The summed E-state index contributed by atoms with van der Waals surface area (Å²) in [5.41, 5.74) is 0.866. The standard InChI is InChI=1S/C15H15NO2S2/c1-2-12-5-6-13(20-12)15(18)16-10-14-11(4-3-8-17)7-9-19-14/h5-7,9,17H,2,8,10H2,1H3,(H,16,18). The zero-order valence-corrected chi connectivity index (χ0v) is 12.7. The van der Waals surface area contributed by atoms with Gasteiger partial charge in [-0.2, -0.15) is 0 Å². The largest absolute Gasteiger partial charge is 0.384 e. The van der Waals surface area contributed by atoms with Crippen LogP contribution < -0.4 is 5.32 Å². The normalized spacial score (nSPS) is 9.90. The number of carbonyl (C=O) groups is 1. The zero-order chi connectivity index (χ0) is 14.4. The highest BCUT2D eigenvalue weighted by molar-refractivity contribution is 7.14. The van der Waals surface area contributed by atoms with Crippen molar-refractivity contribution in [3.63, 3.8) is 0 Å². The maximum absolute atomic E-state index is 12.0. The molecule has 5 heteroatoms. The molecule has 20 heavy (non-hydrogen) atoms. The van der Waals surface area contributed by atoms with Crippen LogP contribution in [0.15, 0.2) is 23.6 Å². The van der Waals surface area contributed by atoms with Gasteiger partial charge in [-0.15, -0.1) is 22.7 Å². The molecule has 3 nitrogen and oxygen atoms in total. The molecular formula is C15H15NO2S2. The molecule has 0 aliphatic heterocycles. The van der Waals surface area contributed by atoms with Crippen LogP contribution in [-0.2, 0) is 13.0 Å². The van der Waals surface area contributed by atoms with E-state index in [0.29, 0.717) is 6.54 Å². The van der Waals surface area contributed by atoms with Gasteiger partial charge in [-0.05, 0) is 30.0 Å². The fourth-order valence-electron chi connectivity index (χ4n) is 1.66. The fourth-order valence-corrected chi connectivity index (χ4v) is 3.30. The highest BCUT2D eigenvalue weighted by Crippen LogP contribution is 2.18. The number of aliphatic hydroxyl groups excluding tert-OH is 1. The monoisotopic (exact) mass is 305 g/mol. The van der Waals surface area contributed by atoms with Crippen molar-refractivity contribution in [1.82, 2.24) is 5.32 Å². The van der Waals surface area contributed by atoms with E-state index in [1.54, 1.807) is 11.3 Å². The highest BCUT2D eigenvalue weighted by Gasteiger charge is 2.09. The number of nitrogens with one attached hydrogen (secondary N) is 1. The number of carbonyl (C=O) groups excluding carboxylic acids is 1. The van der Waals surface area contributed by atoms with E-state index in [4.69, 9.17) is 5.11 Å². The molecular weight excluding hydrogens is 290 g/mol. The minimum Gasteiger partial charge on any atom is -0.384 e. The van der Waals surface area contributed by atoms with Crippen LogP contribution in [0.1, 0.15) is 31.9 Å². The molecule has 104 valence electrons. The molecule has 0 fully saturated rings. The lowest BCUT2D eigenvalue weighted by Crippen LogP contribution is -2.21. The van der Waals surface area contributed by atoms with Crippen molar-refractivity contribution in [3.05, 3.63) is 43.8 Å². The van der Waals surface area contributed by atoms with E-state index >= 15 is 0 Å². The van der Waals surface area contributed by atoms with Crippen LogP contribution in [-0.4, -0.2) is 17.6 Å². The third-order valence-corrected chi connectivity index (χ3v) is 4.84. The quantitative estimate of drug-likeness (QED) is 0.853. The van der Waals surface area contributed by atoms with Crippen LogP contribution >= 0.6 is 22.7 Å². The molecule has 0 saturated heterocycles. The zero-order valence-electron chi connectivity index (χ0n) is 11.1. The van der Waals surface area contributed by atoms with E-state index in [1.165, 1.54) is 16.2 Å². The minimum atomic E-state index is -0.156. The van der Waals surface area contributed by atoms with E-state index in [0.717, 1.165) is 21.7 Å². The van der Waals surface area contributed by atoms with Crippen LogP contribution in [0.4, 0.5) is 0 Å². The maximum Gasteiger partial charge on any atom is 0.261 e. The summed E-state index contributed by atoms with van der Waals surface area (Å²) in [6.07, 6.45) is 0.948. The second-order valence-corrected chi connectivity index (χ2v) is 6.19. The Labute approximate surface area is 126 Å². The van der Waals surface area contributed by atoms with Crippen LogP contribution in [0.25, 0.3) is 0 Å². The van der Waals surface area contributed by atoms with E-state index in [2.05, 4.69) is 24.1 Å². The van der Waals surface area contributed by atoms with E-state index in [9.17, 15) is 4.79 Å². The fraction of sp³-hybridized carbons (Fsp3) is 0.267. The van der Waals surface area contributed by atoms with Gasteiger partial charge in [-0.1, -0.05) is 18.8 Å². The van der Waals surface area contributed by atoms with Crippen molar-refractivity contribution in [2.24, 2.45) is 0 Å². The van der Waals surface area contributed by atoms with Gasteiger partial charge in [0.25, 0.3) is 5.91 Å². The number of hydrogen-bond acceptors (Lipinski definition) is 4. The average Bonchev–Trinajstić information content (AvgIpc) is 3.11. The van der Waals surface area contributed by atoms with Crippen LogP contribution in [0.5, 0.6) is 0 Å². The highest BCUT2D eigenvalue weighted by atomic mass is 32.1. The molecule has 0 radical (unpaired) electrons. The Hall–Kier alpha value is -1.61. The molecule has 0 aliphatic rings. The van der Waals surface area contributed by atoms with Crippen LogP contribution in [0.2, 0.25) is 0 Å². The summed E-state index contributed by atoms with van der Waals surface area (Å²) in [5.74, 6) is 5.45. The molecule has 2 aromatic heterocycles. The van der Waals surface area contributed by atoms with Gasteiger partial charge >= 0.3 is 0 Å². The molecule has 0 spiro atoms. The minimum absolute atomic E-state index is 0.0517. The first-order valence-corrected chi connectivity index (χ1v) is 7.97. The second kappa shape index (κ2) is 7.25. The topological polar surface area (TPSA) is 49.3 Å². The van der Waals surface area contributed by atoms with Gasteiger partial charge in [0.15, 0.2) is 0 Å². The molecule has 0 atom stereocenters. The Morgan fingerprint density at radius 3 is 2.95 bits per heavy atom. The number of amides is 1. The number of aliphatic hydroxyl groups is 1. The van der Waals surface area contributed by atoms with Crippen molar-refractivity contribution in [3.8, 4) is 11.8 Å². The molecule has 2 heterocycles. The molecule has 0 unspecified atom stereocenters. The molecule has 1 amide bonds. The SMILES string of the molecule is CCc1ccc(C(=O)NCc2sccc2C#CCO)s1. The van der Waals surface area contributed by atoms with E-state index in [-0.39, 0.29) is 12.5 Å². The van der Waals surface area contributed by atoms with E-state index in [1.807, 2.05) is 23.6 Å². The van der Waals surface area contributed by atoms with Gasteiger partial charge in [0.1, 0.15) is 6.61 Å². The lowest BCUT2D eigenvalue weighted by molar-refractivity contribution is 0.0955. The van der Waals surface area contributed by atoms with Crippen molar-refractivity contribution in [2.45, 2.75) is 19.9 Å². The predicted molar refractivity (Wildman–Crippen MR) is 83.2 cm³/mol. The lowest BCUT2D eigenvalue weighted by atomic mass is 10.2. The summed E-state index contributed by atoms with van der Waals surface area (Å²) in [5, 5.41) is 13.6. The number of aryl methyl sites for hydroxylation is 1. The molecule has 0 aliphatic carbocycles. The van der Waals surface area contributed by atoms with Gasteiger partial charge in [-0.3, -0.25) is 4.79 Å². The van der Waals surface area contributed by atoms with Crippen molar-refractivity contribution < 1.29 is 9.90 Å². The number of hydrogen-bond donors (Lipinski definition) is 2. The molecule has 0 aromatic carbocycles. The van der Waals surface area contributed by atoms with Gasteiger partial charge in [0.2, 0.25) is 0 Å². The summed E-state index contributed by atoms with van der Waals surface area (Å²) >= 11 is 3.08. The molecule has 2 N–H and O–H groups in total. The van der Waals surface area contributed by atoms with Gasteiger partial charge in [0.05, 0.1) is 11.4 Å². The Bertz CT molecular complexity index is 646. The second-order valence-electron chi connectivity index (χ2n) is 4.02. The Morgan fingerprint density at radius 2 is 2.25 bits per heavy atom. The lowest BCUT2D eigenvalue weighted by Gasteiger charge is -2.02. The molecule has 0 bridgehead atoms. The third-order valence-electron chi connectivity index (χ3n) is 2.69. The Balaban J connectivity index is 1.98.